The maximum Gasteiger partial charge on any atom is 0.336 e. The molecule has 3 atom stereocenters. The fourth-order valence-corrected chi connectivity index (χ4v) is 2.61. The maximum absolute atomic E-state index is 11.9. The molecule has 0 spiro atoms. The van der Waals surface area contributed by atoms with Gasteiger partial charge in [0.2, 0.25) is 0 Å². The molecule has 1 aliphatic heterocycles. The van der Waals surface area contributed by atoms with Crippen LogP contribution in [-0.2, 0) is 23.8 Å². The third-order valence-corrected chi connectivity index (χ3v) is 4.03. The second-order valence-electron chi connectivity index (χ2n) is 6.08. The first-order valence-corrected chi connectivity index (χ1v) is 7.16. The highest BCUT2D eigenvalue weighted by Crippen LogP contribution is 2.45. The van der Waals surface area contributed by atoms with Crippen molar-refractivity contribution in [2.24, 2.45) is 5.92 Å². The van der Waals surface area contributed by atoms with E-state index in [2.05, 4.69) is 13.2 Å². The molecule has 0 N–H and O–H groups in total. The van der Waals surface area contributed by atoms with Gasteiger partial charge < -0.3 is 14.2 Å². The van der Waals surface area contributed by atoms with E-state index in [1.54, 1.807) is 20.8 Å². The van der Waals surface area contributed by atoms with E-state index in [1.807, 2.05) is 0 Å². The number of rotatable bonds is 5. The predicted molar refractivity (Wildman–Crippen MR) is 76.2 cm³/mol. The van der Waals surface area contributed by atoms with Crippen molar-refractivity contribution in [2.45, 2.75) is 58.0 Å². The SMILES string of the molecule is C=C(C)C(=O)OC(C)(OC(=O)C(=C)C)C1CCC2OC2C1. The van der Waals surface area contributed by atoms with Crippen LogP contribution in [0.2, 0.25) is 0 Å². The van der Waals surface area contributed by atoms with Crippen LogP contribution in [0.1, 0.15) is 40.0 Å². The van der Waals surface area contributed by atoms with E-state index in [4.69, 9.17) is 14.2 Å². The first-order chi connectivity index (χ1) is 9.73. The number of carbonyl (C=O) groups is 2. The highest BCUT2D eigenvalue weighted by atomic mass is 16.7. The molecule has 0 aromatic rings. The summed E-state index contributed by atoms with van der Waals surface area (Å²) >= 11 is 0. The number of hydrogen-bond donors (Lipinski definition) is 0. The van der Waals surface area contributed by atoms with E-state index in [0.29, 0.717) is 12.5 Å². The van der Waals surface area contributed by atoms with Crippen LogP contribution in [0.5, 0.6) is 0 Å². The first kappa shape index (κ1) is 15.8. The Morgan fingerprint density at radius 1 is 1.05 bits per heavy atom. The largest absolute Gasteiger partial charge is 0.419 e. The van der Waals surface area contributed by atoms with Crippen molar-refractivity contribution in [3.63, 3.8) is 0 Å². The smallest absolute Gasteiger partial charge is 0.336 e. The molecule has 1 aliphatic carbocycles. The van der Waals surface area contributed by atoms with Crippen molar-refractivity contribution in [3.05, 3.63) is 24.3 Å². The van der Waals surface area contributed by atoms with Gasteiger partial charge in [-0.3, -0.25) is 0 Å². The Morgan fingerprint density at radius 3 is 2.00 bits per heavy atom. The Bertz CT molecular complexity index is 465. The van der Waals surface area contributed by atoms with Crippen LogP contribution in [0, 0.1) is 5.92 Å². The minimum Gasteiger partial charge on any atom is -0.419 e. The minimum atomic E-state index is -1.32. The van der Waals surface area contributed by atoms with E-state index in [-0.39, 0.29) is 23.2 Å². The van der Waals surface area contributed by atoms with Gasteiger partial charge in [-0.05, 0) is 33.1 Å². The molecule has 2 fully saturated rings. The Balaban J connectivity index is 2.15. The van der Waals surface area contributed by atoms with Crippen LogP contribution < -0.4 is 0 Å². The highest BCUT2D eigenvalue weighted by molar-refractivity contribution is 5.89. The average Bonchev–Trinajstić information content (AvgIpc) is 3.16. The zero-order valence-electron chi connectivity index (χ0n) is 12.8. The number of carbonyl (C=O) groups excluding carboxylic acids is 2. The van der Waals surface area contributed by atoms with Crippen LogP contribution in [0.4, 0.5) is 0 Å². The van der Waals surface area contributed by atoms with Gasteiger partial charge in [0, 0.05) is 24.0 Å². The molecule has 2 aliphatic rings. The third-order valence-electron chi connectivity index (χ3n) is 4.03. The Morgan fingerprint density at radius 2 is 1.57 bits per heavy atom. The summed E-state index contributed by atoms with van der Waals surface area (Å²) in [6.07, 6.45) is 2.90. The maximum atomic E-state index is 11.9. The minimum absolute atomic E-state index is 0.0900. The van der Waals surface area contributed by atoms with E-state index in [1.165, 1.54) is 0 Å². The number of ether oxygens (including phenoxy) is 3. The lowest BCUT2D eigenvalue weighted by Crippen LogP contribution is -2.46. The third kappa shape index (κ3) is 3.53. The lowest BCUT2D eigenvalue weighted by Gasteiger charge is -2.37. The van der Waals surface area contributed by atoms with Gasteiger partial charge in [0.1, 0.15) is 0 Å². The van der Waals surface area contributed by atoms with Gasteiger partial charge >= 0.3 is 11.9 Å². The van der Waals surface area contributed by atoms with Crippen LogP contribution in [0.3, 0.4) is 0 Å². The number of fused-ring (bicyclic) bond motifs is 1. The van der Waals surface area contributed by atoms with Crippen molar-refractivity contribution < 1.29 is 23.8 Å². The molecule has 1 saturated heterocycles. The molecule has 5 heteroatoms. The van der Waals surface area contributed by atoms with Gasteiger partial charge in [-0.15, -0.1) is 0 Å². The fraction of sp³-hybridized carbons (Fsp3) is 0.625. The molecule has 3 unspecified atom stereocenters. The summed E-state index contributed by atoms with van der Waals surface area (Å²) in [4.78, 5) is 23.8. The zero-order chi connectivity index (χ0) is 15.8. The molecule has 0 radical (unpaired) electrons. The Labute approximate surface area is 124 Å². The number of epoxide rings is 1. The summed E-state index contributed by atoms with van der Waals surface area (Å²) in [5.41, 5.74) is 0.535. The van der Waals surface area contributed by atoms with Gasteiger partial charge in [-0.1, -0.05) is 13.2 Å². The number of hydrogen-bond acceptors (Lipinski definition) is 5. The van der Waals surface area contributed by atoms with E-state index in [0.717, 1.165) is 12.8 Å². The molecule has 0 bridgehead atoms. The van der Waals surface area contributed by atoms with Crippen molar-refractivity contribution in [1.82, 2.24) is 0 Å². The molecule has 21 heavy (non-hydrogen) atoms. The topological polar surface area (TPSA) is 65.1 Å². The van der Waals surface area contributed by atoms with E-state index in [9.17, 15) is 9.59 Å². The van der Waals surface area contributed by atoms with Crippen LogP contribution in [0.25, 0.3) is 0 Å². The molecule has 2 rings (SSSR count). The van der Waals surface area contributed by atoms with Crippen molar-refractivity contribution in [1.29, 1.82) is 0 Å². The molecule has 5 nitrogen and oxygen atoms in total. The van der Waals surface area contributed by atoms with Gasteiger partial charge in [0.15, 0.2) is 0 Å². The predicted octanol–water partition coefficient (Wildman–Crippen LogP) is 2.51. The quantitative estimate of drug-likeness (QED) is 0.337. The van der Waals surface area contributed by atoms with Crippen molar-refractivity contribution in [2.75, 3.05) is 0 Å². The van der Waals surface area contributed by atoms with Crippen LogP contribution >= 0.6 is 0 Å². The van der Waals surface area contributed by atoms with E-state index >= 15 is 0 Å². The lowest BCUT2D eigenvalue weighted by molar-refractivity contribution is -0.238. The van der Waals surface area contributed by atoms with E-state index < -0.39 is 17.7 Å². The highest BCUT2D eigenvalue weighted by Gasteiger charge is 2.52. The molecule has 0 aromatic carbocycles. The zero-order valence-corrected chi connectivity index (χ0v) is 12.8. The van der Waals surface area contributed by atoms with Crippen LogP contribution in [0.15, 0.2) is 24.3 Å². The summed E-state index contributed by atoms with van der Waals surface area (Å²) in [7, 11) is 0. The normalized spacial score (nSPS) is 27.3. The molecule has 0 amide bonds. The molecular formula is C16H22O5. The van der Waals surface area contributed by atoms with Crippen molar-refractivity contribution in [3.8, 4) is 0 Å². The molecule has 0 aromatic heterocycles. The summed E-state index contributed by atoms with van der Waals surface area (Å²) in [6, 6.07) is 0. The van der Waals surface area contributed by atoms with Gasteiger partial charge in [-0.25, -0.2) is 9.59 Å². The standard InChI is InChI=1S/C16H22O5/c1-9(2)14(17)20-16(5,21-15(18)10(3)4)11-6-7-12-13(8-11)19-12/h11-13H,1,3,6-8H2,2,4-5H3. The van der Waals surface area contributed by atoms with Gasteiger partial charge in [-0.2, -0.15) is 0 Å². The molecule has 1 saturated carbocycles. The average molecular weight is 294 g/mol. The van der Waals surface area contributed by atoms with Gasteiger partial charge in [0.05, 0.1) is 12.2 Å². The Hall–Kier alpha value is -1.62. The second-order valence-corrected chi connectivity index (χ2v) is 6.08. The van der Waals surface area contributed by atoms with Crippen molar-refractivity contribution >= 4 is 11.9 Å². The number of esters is 2. The summed E-state index contributed by atoms with van der Waals surface area (Å²) < 4.78 is 16.4. The summed E-state index contributed by atoms with van der Waals surface area (Å²) in [5, 5.41) is 0. The molecule has 116 valence electrons. The summed E-state index contributed by atoms with van der Waals surface area (Å²) in [5.74, 6) is -2.53. The summed E-state index contributed by atoms with van der Waals surface area (Å²) in [6.45, 7) is 11.9. The van der Waals surface area contributed by atoms with Gasteiger partial charge in [0.25, 0.3) is 5.79 Å². The second kappa shape index (κ2) is 5.64. The first-order valence-electron chi connectivity index (χ1n) is 7.16. The molecule has 1 heterocycles. The Kier molecular flexibility index (Phi) is 4.23. The lowest BCUT2D eigenvalue weighted by atomic mass is 9.83. The fourth-order valence-electron chi connectivity index (χ4n) is 2.61. The molecular weight excluding hydrogens is 272 g/mol. The van der Waals surface area contributed by atoms with Crippen LogP contribution in [-0.4, -0.2) is 29.9 Å². The monoisotopic (exact) mass is 294 g/mol.